The fourth-order valence-corrected chi connectivity index (χ4v) is 2.58. The molecule has 1 aromatic rings. The highest BCUT2D eigenvalue weighted by Gasteiger charge is 2.48. The molecule has 1 saturated heterocycles. The van der Waals surface area contributed by atoms with Crippen LogP contribution in [0.15, 0.2) is 36.7 Å². The highest BCUT2D eigenvalue weighted by Crippen LogP contribution is 2.34. The van der Waals surface area contributed by atoms with Crippen molar-refractivity contribution < 1.29 is 14.4 Å². The highest BCUT2D eigenvalue weighted by atomic mass is 16.2. The Bertz CT molecular complexity index is 571. The van der Waals surface area contributed by atoms with Crippen LogP contribution >= 0.6 is 0 Å². The van der Waals surface area contributed by atoms with Crippen molar-refractivity contribution in [2.24, 2.45) is 11.8 Å². The molecule has 6 nitrogen and oxygen atoms in total. The summed E-state index contributed by atoms with van der Waals surface area (Å²) in [7, 11) is 0. The normalized spacial score (nSPS) is 24.7. The van der Waals surface area contributed by atoms with Crippen molar-refractivity contribution in [3.63, 3.8) is 0 Å². The quantitative estimate of drug-likeness (QED) is 0.633. The van der Waals surface area contributed by atoms with Crippen LogP contribution in [0, 0.1) is 11.8 Å². The number of carbonyl (C=O) groups is 3. The number of imide groups is 1. The molecule has 1 fully saturated rings. The summed E-state index contributed by atoms with van der Waals surface area (Å²) in [5.41, 5.74) is 2.75. The van der Waals surface area contributed by atoms with Crippen molar-refractivity contribution >= 4 is 17.7 Å². The number of amides is 3. The molecular formula is C14H13N3O3. The smallest absolute Gasteiger partial charge is 0.270 e. The lowest BCUT2D eigenvalue weighted by atomic mass is 9.85. The van der Waals surface area contributed by atoms with Gasteiger partial charge in [0.15, 0.2) is 0 Å². The molecule has 0 spiro atoms. The Morgan fingerprint density at radius 2 is 1.65 bits per heavy atom. The summed E-state index contributed by atoms with van der Waals surface area (Å²) in [5.74, 6) is -1.82. The molecule has 0 bridgehead atoms. The number of hydrogen-bond donors (Lipinski definition) is 1. The number of hydrazine groups is 1. The molecule has 0 aromatic carbocycles. The Morgan fingerprint density at radius 3 is 2.20 bits per heavy atom. The van der Waals surface area contributed by atoms with Gasteiger partial charge in [-0.15, -0.1) is 0 Å². The lowest BCUT2D eigenvalue weighted by Crippen LogP contribution is -2.46. The maximum atomic E-state index is 12.2. The highest BCUT2D eigenvalue weighted by molar-refractivity contribution is 6.07. The summed E-state index contributed by atoms with van der Waals surface area (Å²) >= 11 is 0. The zero-order chi connectivity index (χ0) is 14.1. The molecule has 1 N–H and O–H groups in total. The van der Waals surface area contributed by atoms with Crippen LogP contribution in [-0.4, -0.2) is 27.7 Å². The van der Waals surface area contributed by atoms with Crippen LogP contribution in [0.5, 0.6) is 0 Å². The van der Waals surface area contributed by atoms with E-state index >= 15 is 0 Å². The van der Waals surface area contributed by atoms with Crippen molar-refractivity contribution in [3.05, 3.63) is 42.2 Å². The van der Waals surface area contributed by atoms with E-state index in [-0.39, 0.29) is 23.7 Å². The van der Waals surface area contributed by atoms with Crippen LogP contribution in [0.3, 0.4) is 0 Å². The molecule has 3 amide bonds. The summed E-state index contributed by atoms with van der Waals surface area (Å²) in [6.45, 7) is 0. The fraction of sp³-hybridized carbons (Fsp3) is 0.286. The van der Waals surface area contributed by atoms with Gasteiger partial charge in [0.1, 0.15) is 0 Å². The van der Waals surface area contributed by atoms with E-state index in [4.69, 9.17) is 0 Å². The van der Waals surface area contributed by atoms with Gasteiger partial charge in [0.2, 0.25) is 0 Å². The number of aromatic nitrogens is 1. The van der Waals surface area contributed by atoms with Gasteiger partial charge in [-0.2, -0.15) is 5.01 Å². The van der Waals surface area contributed by atoms with Gasteiger partial charge in [0, 0.05) is 18.0 Å². The lowest BCUT2D eigenvalue weighted by molar-refractivity contribution is -0.142. The van der Waals surface area contributed by atoms with Crippen molar-refractivity contribution in [2.45, 2.75) is 12.8 Å². The second-order valence-electron chi connectivity index (χ2n) is 4.84. The first-order chi connectivity index (χ1) is 9.68. The number of nitrogens with zero attached hydrogens (tertiary/aromatic N) is 2. The predicted octanol–water partition coefficient (Wildman–Crippen LogP) is 0.678. The van der Waals surface area contributed by atoms with Gasteiger partial charge in [-0.25, -0.2) is 0 Å². The maximum Gasteiger partial charge on any atom is 0.270 e. The number of rotatable bonds is 2. The average molecular weight is 271 g/mol. The molecule has 2 heterocycles. The maximum absolute atomic E-state index is 12.2. The van der Waals surface area contributed by atoms with E-state index in [1.54, 1.807) is 0 Å². The third kappa shape index (κ3) is 1.99. The Labute approximate surface area is 115 Å². The van der Waals surface area contributed by atoms with Crippen molar-refractivity contribution in [2.75, 3.05) is 0 Å². The molecule has 1 aliphatic heterocycles. The molecular weight excluding hydrogens is 258 g/mol. The van der Waals surface area contributed by atoms with Gasteiger partial charge in [-0.1, -0.05) is 12.2 Å². The molecule has 0 radical (unpaired) electrons. The number of carbonyl (C=O) groups excluding carboxylic acids is 3. The van der Waals surface area contributed by atoms with Gasteiger partial charge >= 0.3 is 0 Å². The first-order valence-corrected chi connectivity index (χ1v) is 6.42. The zero-order valence-electron chi connectivity index (χ0n) is 10.7. The van der Waals surface area contributed by atoms with E-state index in [2.05, 4.69) is 10.4 Å². The summed E-state index contributed by atoms with van der Waals surface area (Å²) in [4.78, 5) is 40.1. The second kappa shape index (κ2) is 4.88. The number of fused-ring (bicyclic) bond motifs is 1. The van der Waals surface area contributed by atoms with Crippen molar-refractivity contribution in [3.8, 4) is 0 Å². The lowest BCUT2D eigenvalue weighted by Gasteiger charge is -2.15. The standard InChI is InChI=1S/C14H13N3O3/c18-12(9-5-7-15-8-6-9)16-17-13(19)10-3-1-2-4-11(10)14(17)20/h1-2,5-8,10-11H,3-4H2,(H,16,18)/t10-,11-/m0/s1. The van der Waals surface area contributed by atoms with Gasteiger partial charge in [0.25, 0.3) is 17.7 Å². The fourth-order valence-electron chi connectivity index (χ4n) is 2.58. The van der Waals surface area contributed by atoms with Gasteiger partial charge in [0.05, 0.1) is 11.8 Å². The van der Waals surface area contributed by atoms with Gasteiger partial charge in [-0.05, 0) is 25.0 Å². The summed E-state index contributed by atoms with van der Waals surface area (Å²) in [6, 6.07) is 3.05. The minimum absolute atomic E-state index is 0.327. The van der Waals surface area contributed by atoms with E-state index < -0.39 is 5.91 Å². The van der Waals surface area contributed by atoms with Crippen molar-refractivity contribution in [1.82, 2.24) is 15.4 Å². The largest absolute Gasteiger partial charge is 0.272 e. The Balaban J connectivity index is 1.77. The zero-order valence-corrected chi connectivity index (χ0v) is 10.7. The third-order valence-corrected chi connectivity index (χ3v) is 3.66. The molecule has 0 unspecified atom stereocenters. The van der Waals surface area contributed by atoms with Gasteiger partial charge < -0.3 is 0 Å². The third-order valence-electron chi connectivity index (χ3n) is 3.66. The Morgan fingerprint density at radius 1 is 1.10 bits per heavy atom. The topological polar surface area (TPSA) is 79.4 Å². The van der Waals surface area contributed by atoms with E-state index in [1.165, 1.54) is 24.5 Å². The minimum Gasteiger partial charge on any atom is -0.272 e. The van der Waals surface area contributed by atoms with E-state index in [9.17, 15) is 14.4 Å². The Hall–Kier alpha value is -2.50. The van der Waals surface area contributed by atoms with Crippen LogP contribution in [-0.2, 0) is 9.59 Å². The van der Waals surface area contributed by atoms with Crippen molar-refractivity contribution in [1.29, 1.82) is 0 Å². The molecule has 102 valence electrons. The molecule has 1 aromatic heterocycles. The first-order valence-electron chi connectivity index (χ1n) is 6.42. The molecule has 0 saturated carbocycles. The summed E-state index contributed by atoms with van der Waals surface area (Å²) in [6.07, 6.45) is 7.87. The van der Waals surface area contributed by atoms with E-state index in [0.717, 1.165) is 5.01 Å². The average Bonchev–Trinajstić information content (AvgIpc) is 2.74. The number of hydrogen-bond acceptors (Lipinski definition) is 4. The van der Waals surface area contributed by atoms with Crippen LogP contribution in [0.25, 0.3) is 0 Å². The monoisotopic (exact) mass is 271 g/mol. The molecule has 3 rings (SSSR count). The summed E-state index contributed by atoms with van der Waals surface area (Å²) in [5, 5.41) is 0.866. The van der Waals surface area contributed by atoms with Crippen LogP contribution in [0.4, 0.5) is 0 Å². The number of nitrogens with one attached hydrogen (secondary N) is 1. The van der Waals surface area contributed by atoms with Crippen LogP contribution in [0.1, 0.15) is 23.2 Å². The summed E-state index contributed by atoms with van der Waals surface area (Å²) < 4.78 is 0. The molecule has 2 atom stereocenters. The number of pyridine rings is 1. The second-order valence-corrected chi connectivity index (χ2v) is 4.84. The molecule has 20 heavy (non-hydrogen) atoms. The van der Waals surface area contributed by atoms with Crippen LogP contribution in [0.2, 0.25) is 0 Å². The Kier molecular flexibility index (Phi) is 3.06. The molecule has 1 aliphatic carbocycles. The SMILES string of the molecule is O=C(NN1C(=O)[C@H]2CC=CC[C@@H]2C1=O)c1ccncc1. The minimum atomic E-state index is -0.485. The molecule has 2 aliphatic rings. The number of allylic oxidation sites excluding steroid dienone is 2. The van der Waals surface area contributed by atoms with Gasteiger partial charge in [-0.3, -0.25) is 24.8 Å². The predicted molar refractivity (Wildman–Crippen MR) is 68.9 cm³/mol. The van der Waals surface area contributed by atoms with E-state index in [1.807, 2.05) is 12.2 Å². The van der Waals surface area contributed by atoms with E-state index in [0.29, 0.717) is 18.4 Å². The first kappa shape index (κ1) is 12.5. The molecule has 6 heteroatoms. The van der Waals surface area contributed by atoms with Crippen LogP contribution < -0.4 is 5.43 Å².